The molecular formula is C15H23N3O2. The Morgan fingerprint density at radius 2 is 1.90 bits per heavy atom. The Kier molecular flexibility index (Phi) is 7.17. The lowest BCUT2D eigenvalue weighted by molar-refractivity contribution is 0.0963. The van der Waals surface area contributed by atoms with Gasteiger partial charge >= 0.3 is 6.03 Å². The standard InChI is InChI=1S/C15H23N3O2/c1-3-4-9-17-15(20)18-10-8-12-6-5-7-13(11-12)14(19)16-2/h5-7,11H,3-4,8-10H2,1-2H3,(H,16,19)(H2,17,18,20). The van der Waals surface area contributed by atoms with E-state index < -0.39 is 0 Å². The second-order valence-corrected chi connectivity index (χ2v) is 4.57. The van der Waals surface area contributed by atoms with Gasteiger partial charge < -0.3 is 16.0 Å². The van der Waals surface area contributed by atoms with E-state index in [1.807, 2.05) is 18.2 Å². The van der Waals surface area contributed by atoms with Gasteiger partial charge in [-0.05, 0) is 30.5 Å². The van der Waals surface area contributed by atoms with Gasteiger partial charge in [-0.2, -0.15) is 0 Å². The number of benzene rings is 1. The quantitative estimate of drug-likeness (QED) is 0.664. The molecule has 0 aliphatic heterocycles. The summed E-state index contributed by atoms with van der Waals surface area (Å²) in [5.41, 5.74) is 1.66. The molecule has 0 aliphatic carbocycles. The van der Waals surface area contributed by atoms with Gasteiger partial charge in [0.15, 0.2) is 0 Å². The van der Waals surface area contributed by atoms with Crippen molar-refractivity contribution in [2.24, 2.45) is 0 Å². The van der Waals surface area contributed by atoms with Crippen LogP contribution in [-0.2, 0) is 6.42 Å². The topological polar surface area (TPSA) is 70.2 Å². The Morgan fingerprint density at radius 1 is 1.15 bits per heavy atom. The first-order chi connectivity index (χ1) is 9.67. The monoisotopic (exact) mass is 277 g/mol. The summed E-state index contributed by atoms with van der Waals surface area (Å²) in [6, 6.07) is 7.27. The van der Waals surface area contributed by atoms with Crippen molar-refractivity contribution in [2.75, 3.05) is 20.1 Å². The van der Waals surface area contributed by atoms with Crippen LogP contribution < -0.4 is 16.0 Å². The van der Waals surface area contributed by atoms with Gasteiger partial charge in [0.2, 0.25) is 0 Å². The molecule has 1 aromatic rings. The highest BCUT2D eigenvalue weighted by atomic mass is 16.2. The van der Waals surface area contributed by atoms with Crippen molar-refractivity contribution in [1.29, 1.82) is 0 Å². The third-order valence-corrected chi connectivity index (χ3v) is 2.93. The van der Waals surface area contributed by atoms with Crippen molar-refractivity contribution in [2.45, 2.75) is 26.2 Å². The van der Waals surface area contributed by atoms with Crippen LogP contribution in [0.5, 0.6) is 0 Å². The number of carbonyl (C=O) groups is 2. The summed E-state index contributed by atoms with van der Waals surface area (Å²) in [5, 5.41) is 8.19. The molecule has 0 unspecified atom stereocenters. The molecule has 0 bridgehead atoms. The Hall–Kier alpha value is -2.04. The average molecular weight is 277 g/mol. The molecule has 0 spiro atoms. The Bertz CT molecular complexity index is 446. The van der Waals surface area contributed by atoms with Crippen LogP contribution in [0.15, 0.2) is 24.3 Å². The Morgan fingerprint density at radius 3 is 2.60 bits per heavy atom. The molecule has 0 saturated carbocycles. The van der Waals surface area contributed by atoms with E-state index in [4.69, 9.17) is 0 Å². The second kappa shape index (κ2) is 8.96. The van der Waals surface area contributed by atoms with Crippen LogP contribution in [0.2, 0.25) is 0 Å². The van der Waals surface area contributed by atoms with Crippen LogP contribution in [0.4, 0.5) is 4.79 Å². The summed E-state index contributed by atoms with van der Waals surface area (Å²) in [6.45, 7) is 3.34. The Balaban J connectivity index is 2.35. The molecule has 0 saturated heterocycles. The number of nitrogens with one attached hydrogen (secondary N) is 3. The number of rotatable bonds is 7. The van der Waals surface area contributed by atoms with E-state index >= 15 is 0 Å². The van der Waals surface area contributed by atoms with Crippen molar-refractivity contribution in [3.63, 3.8) is 0 Å². The van der Waals surface area contributed by atoms with Crippen LogP contribution in [0.3, 0.4) is 0 Å². The summed E-state index contributed by atoms with van der Waals surface area (Å²) < 4.78 is 0. The lowest BCUT2D eigenvalue weighted by Gasteiger charge is -2.08. The van der Waals surface area contributed by atoms with Gasteiger partial charge in [-0.3, -0.25) is 4.79 Å². The van der Waals surface area contributed by atoms with Crippen LogP contribution in [0.1, 0.15) is 35.7 Å². The zero-order valence-corrected chi connectivity index (χ0v) is 12.2. The largest absolute Gasteiger partial charge is 0.355 e. The van der Waals surface area contributed by atoms with Crippen LogP contribution in [0.25, 0.3) is 0 Å². The fourth-order valence-electron chi connectivity index (χ4n) is 1.77. The molecule has 0 heterocycles. The summed E-state index contributed by atoms with van der Waals surface area (Å²) in [7, 11) is 1.61. The number of hydrogen-bond acceptors (Lipinski definition) is 2. The van der Waals surface area contributed by atoms with Gasteiger partial charge in [0, 0.05) is 25.7 Å². The summed E-state index contributed by atoms with van der Waals surface area (Å²) in [4.78, 5) is 22.9. The maximum absolute atomic E-state index is 11.5. The highest BCUT2D eigenvalue weighted by Crippen LogP contribution is 2.05. The minimum Gasteiger partial charge on any atom is -0.355 e. The maximum Gasteiger partial charge on any atom is 0.314 e. The molecule has 0 radical (unpaired) electrons. The highest BCUT2D eigenvalue weighted by Gasteiger charge is 2.04. The van der Waals surface area contributed by atoms with E-state index in [1.165, 1.54) is 0 Å². The second-order valence-electron chi connectivity index (χ2n) is 4.57. The summed E-state index contributed by atoms with van der Waals surface area (Å²) in [5.74, 6) is -0.0999. The zero-order chi connectivity index (χ0) is 14.8. The van der Waals surface area contributed by atoms with E-state index in [0.717, 1.165) is 18.4 Å². The van der Waals surface area contributed by atoms with E-state index in [2.05, 4.69) is 22.9 Å². The van der Waals surface area contributed by atoms with Gasteiger partial charge in [0.05, 0.1) is 0 Å². The fourth-order valence-corrected chi connectivity index (χ4v) is 1.77. The predicted octanol–water partition coefficient (Wildman–Crippen LogP) is 1.69. The average Bonchev–Trinajstić information content (AvgIpc) is 2.47. The van der Waals surface area contributed by atoms with Crippen LogP contribution >= 0.6 is 0 Å². The number of urea groups is 1. The van der Waals surface area contributed by atoms with Gasteiger partial charge in [-0.25, -0.2) is 4.79 Å². The normalized spacial score (nSPS) is 9.90. The van der Waals surface area contributed by atoms with E-state index in [0.29, 0.717) is 25.1 Å². The zero-order valence-electron chi connectivity index (χ0n) is 12.2. The number of carbonyl (C=O) groups excluding carboxylic acids is 2. The molecule has 0 atom stereocenters. The van der Waals surface area contributed by atoms with Crippen molar-refractivity contribution >= 4 is 11.9 Å². The molecule has 1 rings (SSSR count). The molecule has 5 heteroatoms. The molecule has 5 nitrogen and oxygen atoms in total. The van der Waals surface area contributed by atoms with Gasteiger partial charge in [0.25, 0.3) is 5.91 Å². The fraction of sp³-hybridized carbons (Fsp3) is 0.467. The molecule has 110 valence electrons. The molecule has 0 aliphatic rings. The molecular weight excluding hydrogens is 254 g/mol. The third kappa shape index (κ3) is 5.73. The first-order valence-electron chi connectivity index (χ1n) is 7.00. The van der Waals surface area contributed by atoms with Gasteiger partial charge in [0.1, 0.15) is 0 Å². The van der Waals surface area contributed by atoms with Crippen molar-refractivity contribution < 1.29 is 9.59 Å². The van der Waals surface area contributed by atoms with E-state index in [9.17, 15) is 9.59 Å². The summed E-state index contributed by atoms with van der Waals surface area (Å²) >= 11 is 0. The lowest BCUT2D eigenvalue weighted by atomic mass is 10.1. The van der Waals surface area contributed by atoms with Gasteiger partial charge in [-0.1, -0.05) is 25.5 Å². The smallest absolute Gasteiger partial charge is 0.314 e. The lowest BCUT2D eigenvalue weighted by Crippen LogP contribution is -2.37. The number of amides is 3. The molecule has 20 heavy (non-hydrogen) atoms. The Labute approximate surface area is 120 Å². The van der Waals surface area contributed by atoms with Gasteiger partial charge in [-0.15, -0.1) is 0 Å². The predicted molar refractivity (Wildman–Crippen MR) is 79.8 cm³/mol. The minimum atomic E-state index is -0.138. The molecule has 3 amide bonds. The number of hydrogen-bond donors (Lipinski definition) is 3. The molecule has 3 N–H and O–H groups in total. The third-order valence-electron chi connectivity index (χ3n) is 2.93. The van der Waals surface area contributed by atoms with E-state index in [-0.39, 0.29) is 11.9 Å². The minimum absolute atomic E-state index is 0.0999. The number of unbranched alkanes of at least 4 members (excludes halogenated alkanes) is 1. The van der Waals surface area contributed by atoms with Crippen molar-refractivity contribution in [3.05, 3.63) is 35.4 Å². The SMILES string of the molecule is CCCCNC(=O)NCCc1cccc(C(=O)NC)c1. The van der Waals surface area contributed by atoms with E-state index in [1.54, 1.807) is 13.1 Å². The maximum atomic E-state index is 11.5. The van der Waals surface area contributed by atoms with Crippen molar-refractivity contribution in [3.8, 4) is 0 Å². The molecule has 1 aromatic carbocycles. The summed E-state index contributed by atoms with van der Waals surface area (Å²) in [6.07, 6.45) is 2.75. The first kappa shape index (κ1) is 16.0. The van der Waals surface area contributed by atoms with Crippen LogP contribution in [-0.4, -0.2) is 32.1 Å². The molecule has 0 aromatic heterocycles. The molecule has 0 fully saturated rings. The van der Waals surface area contributed by atoms with Crippen LogP contribution in [0, 0.1) is 0 Å². The highest BCUT2D eigenvalue weighted by molar-refractivity contribution is 5.94. The first-order valence-corrected chi connectivity index (χ1v) is 7.00. The van der Waals surface area contributed by atoms with Crippen molar-refractivity contribution in [1.82, 2.24) is 16.0 Å².